The Hall–Kier alpha value is -0.310. The van der Waals surface area contributed by atoms with Gasteiger partial charge < -0.3 is 21.5 Å². The third kappa shape index (κ3) is 11.3. The Morgan fingerprint density at radius 1 is 0.792 bits per heavy atom. The number of carbonyl (C=O) groups excluding carboxylic acids is 1. The molecule has 0 bridgehead atoms. The highest BCUT2D eigenvalue weighted by Gasteiger charge is 2.28. The zero-order valence-corrected chi connectivity index (χ0v) is 16.8. The van der Waals surface area contributed by atoms with Gasteiger partial charge in [0.2, 0.25) is 0 Å². The maximum absolute atomic E-state index is 5.81. The van der Waals surface area contributed by atoms with Crippen molar-refractivity contribution in [2.75, 3.05) is 6.61 Å². The molecule has 1 rings (SSSR count). The molecule has 0 saturated heterocycles. The molecule has 0 aromatic heterocycles. The van der Waals surface area contributed by atoms with Crippen molar-refractivity contribution in [3.05, 3.63) is 0 Å². The second kappa shape index (κ2) is 16.2. The van der Waals surface area contributed by atoms with E-state index in [0.29, 0.717) is 5.92 Å². The van der Waals surface area contributed by atoms with Crippen LogP contribution in [0.25, 0.3) is 0 Å². The summed E-state index contributed by atoms with van der Waals surface area (Å²) in [6.45, 7) is 3.06. The van der Waals surface area contributed by atoms with E-state index in [1.165, 1.54) is 103 Å². The van der Waals surface area contributed by atoms with Crippen LogP contribution < -0.4 is 0 Å². The van der Waals surface area contributed by atoms with Gasteiger partial charge in [-0.25, -0.2) is 0 Å². The molecule has 1 fully saturated rings. The molecule has 142 valence electrons. The molecule has 0 N–H and O–H groups in total. The topological polar surface area (TPSA) is 20.5 Å². The van der Waals surface area contributed by atoms with E-state index in [1.54, 1.807) is 0 Å². The molecular weight excluding hydrogens is 316 g/mol. The van der Waals surface area contributed by atoms with Crippen molar-refractivity contribution < 1.29 is 8.61 Å². The average Bonchev–Trinajstić information content (AvgIpc) is 2.63. The number of hydrogen-bond donors (Lipinski definition) is 0. The minimum absolute atomic E-state index is 0.452. The highest BCUT2D eigenvalue weighted by Crippen LogP contribution is 2.25. The first-order valence-electron chi connectivity index (χ1n) is 10.7. The molecule has 1 aliphatic carbocycles. The van der Waals surface area contributed by atoms with Crippen molar-refractivity contribution >= 4 is 18.9 Å². The summed E-state index contributed by atoms with van der Waals surface area (Å²) < 4.78 is 10.9. The number of ether oxygens (including phenoxy) is 1. The van der Waals surface area contributed by atoms with E-state index < -0.39 is 0 Å². The summed E-state index contributed by atoms with van der Waals surface area (Å²) in [6, 6.07) is 0. The van der Waals surface area contributed by atoms with Crippen molar-refractivity contribution in [2.24, 2.45) is 5.92 Å². The smallest absolute Gasteiger partial charge is 0.434 e. The fraction of sp³-hybridized carbons (Fsp3) is 0.952. The summed E-state index contributed by atoms with van der Waals surface area (Å²) >= 11 is 4.79. The molecule has 2 nitrogen and oxygen atoms in total. The van der Waals surface area contributed by atoms with Gasteiger partial charge in [0, 0.05) is 6.42 Å². The third-order valence-corrected chi connectivity index (χ3v) is 5.43. The molecule has 0 aromatic carbocycles. The molecule has 24 heavy (non-hydrogen) atoms. The van der Waals surface area contributed by atoms with Gasteiger partial charge in [0.15, 0.2) is 6.61 Å². The van der Waals surface area contributed by atoms with E-state index in [1.807, 2.05) is 0 Å². The van der Waals surface area contributed by atoms with Gasteiger partial charge in [-0.2, -0.15) is 0 Å². The van der Waals surface area contributed by atoms with Crippen LogP contribution in [0.15, 0.2) is 0 Å². The van der Waals surface area contributed by atoms with Gasteiger partial charge in [-0.15, -0.1) is 0 Å². The molecule has 1 aliphatic rings. The van der Waals surface area contributed by atoms with Crippen molar-refractivity contribution in [1.29, 1.82) is 0 Å². The first-order chi connectivity index (χ1) is 11.9. The molecule has 0 spiro atoms. The van der Waals surface area contributed by atoms with Crippen LogP contribution in [0.4, 0.5) is 0 Å². The average molecular weight is 357 g/mol. The van der Waals surface area contributed by atoms with Gasteiger partial charge in [0.05, 0.1) is 0 Å². The lowest BCUT2D eigenvalue weighted by Gasteiger charge is -2.17. The van der Waals surface area contributed by atoms with Gasteiger partial charge in [0.1, 0.15) is 5.92 Å². The van der Waals surface area contributed by atoms with Gasteiger partial charge in [-0.3, -0.25) is 0 Å². The minimum atomic E-state index is 0.452. The van der Waals surface area contributed by atoms with E-state index in [-0.39, 0.29) is 0 Å². The molecule has 0 aromatic rings. The zero-order chi connectivity index (χ0) is 17.3. The number of hydrogen-bond acceptors (Lipinski definition) is 2. The molecule has 0 heterocycles. The Balaban J connectivity index is 1.84. The lowest BCUT2D eigenvalue weighted by molar-refractivity contribution is -0.266. The van der Waals surface area contributed by atoms with Crippen LogP contribution in [0, 0.1) is 5.92 Å². The second-order valence-electron chi connectivity index (χ2n) is 7.47. The van der Waals surface area contributed by atoms with Crippen molar-refractivity contribution in [3.63, 3.8) is 0 Å². The van der Waals surface area contributed by atoms with E-state index in [4.69, 9.17) is 21.5 Å². The molecular formula is C21H40O2S. The number of esters is 1. The van der Waals surface area contributed by atoms with Crippen molar-refractivity contribution in [2.45, 2.75) is 116 Å². The number of rotatable bonds is 14. The highest BCUT2D eigenvalue weighted by molar-refractivity contribution is 7.50. The van der Waals surface area contributed by atoms with Gasteiger partial charge >= 0.3 is 5.97 Å². The largest absolute Gasteiger partial charge is 0.471 e. The molecule has 1 saturated carbocycles. The SMILES string of the molecule is CCCCCCCCCCCCCCOC(=[O+][S-])C1CCCCC1. The molecule has 0 atom stereocenters. The van der Waals surface area contributed by atoms with Crippen LogP contribution in [0.5, 0.6) is 0 Å². The highest BCUT2D eigenvalue weighted by atomic mass is 32.1. The Morgan fingerprint density at radius 3 is 1.79 bits per heavy atom. The Labute approximate surface area is 156 Å². The molecule has 0 unspecified atom stereocenters. The van der Waals surface area contributed by atoms with Crippen LogP contribution in [0.1, 0.15) is 116 Å². The van der Waals surface area contributed by atoms with Crippen molar-refractivity contribution in [3.8, 4) is 0 Å². The Bertz CT molecular complexity index is 298. The zero-order valence-electron chi connectivity index (χ0n) is 16.0. The van der Waals surface area contributed by atoms with Crippen LogP contribution in [0.2, 0.25) is 0 Å². The Morgan fingerprint density at radius 2 is 1.29 bits per heavy atom. The van der Waals surface area contributed by atoms with E-state index in [0.717, 1.165) is 19.0 Å². The van der Waals surface area contributed by atoms with E-state index in [9.17, 15) is 0 Å². The van der Waals surface area contributed by atoms with Crippen LogP contribution in [0.3, 0.4) is 0 Å². The monoisotopic (exact) mass is 356 g/mol. The maximum atomic E-state index is 5.81. The third-order valence-electron chi connectivity index (χ3n) is 5.26. The summed E-state index contributed by atoms with van der Waals surface area (Å²) in [6.07, 6.45) is 22.8. The quantitative estimate of drug-likeness (QED) is 0.147. The maximum Gasteiger partial charge on any atom is 0.471 e. The predicted molar refractivity (Wildman–Crippen MR) is 106 cm³/mol. The summed E-state index contributed by atoms with van der Waals surface area (Å²) in [7, 11) is 0. The summed E-state index contributed by atoms with van der Waals surface area (Å²) in [5.41, 5.74) is 0. The van der Waals surface area contributed by atoms with Gasteiger partial charge in [-0.05, 0) is 19.3 Å². The van der Waals surface area contributed by atoms with Gasteiger partial charge in [0.25, 0.3) is 0 Å². The standard InChI is InChI=1S/C21H40O2S/c1-2-3-4-5-6-7-8-9-10-11-12-16-19-22-21(23-24)20-17-14-13-15-18-20/h20H,2-19H2,1H3. The molecule has 0 amide bonds. The van der Waals surface area contributed by atoms with Crippen molar-refractivity contribution in [1.82, 2.24) is 0 Å². The molecule has 3 heteroatoms. The Kier molecular flexibility index (Phi) is 14.6. The van der Waals surface area contributed by atoms with Crippen LogP contribution in [-0.4, -0.2) is 12.6 Å². The predicted octanol–water partition coefficient (Wildman–Crippen LogP) is 6.81. The summed E-state index contributed by atoms with van der Waals surface area (Å²) in [5.74, 6) is 1.18. The van der Waals surface area contributed by atoms with Crippen LogP contribution >= 0.6 is 0 Å². The summed E-state index contributed by atoms with van der Waals surface area (Å²) in [4.78, 5) is 0. The molecule has 0 aliphatic heterocycles. The van der Waals surface area contributed by atoms with E-state index in [2.05, 4.69) is 6.92 Å². The first kappa shape index (κ1) is 21.7. The lowest BCUT2D eigenvalue weighted by Crippen LogP contribution is -2.22. The first-order valence-corrected chi connectivity index (χ1v) is 11.0. The fourth-order valence-corrected chi connectivity index (χ4v) is 3.85. The number of unbranched alkanes of at least 4 members (excludes halogenated alkanes) is 11. The van der Waals surface area contributed by atoms with E-state index >= 15 is 0 Å². The fourth-order valence-electron chi connectivity index (χ4n) is 3.66. The van der Waals surface area contributed by atoms with Gasteiger partial charge in [-0.1, -0.05) is 90.4 Å². The van der Waals surface area contributed by atoms with Crippen LogP contribution in [-0.2, 0) is 21.5 Å². The minimum Gasteiger partial charge on any atom is -0.434 e. The second-order valence-corrected chi connectivity index (χ2v) is 7.64. The normalized spacial score (nSPS) is 16.5. The summed E-state index contributed by atoms with van der Waals surface area (Å²) in [5, 5.41) is 0. The molecule has 0 radical (unpaired) electrons. The lowest BCUT2D eigenvalue weighted by atomic mass is 9.89.